The van der Waals surface area contributed by atoms with Gasteiger partial charge in [0.25, 0.3) is 10.0 Å². The summed E-state index contributed by atoms with van der Waals surface area (Å²) < 4.78 is 23.6. The maximum absolute atomic E-state index is 11.8. The molecule has 2 rings (SSSR count). The van der Waals surface area contributed by atoms with Crippen LogP contribution < -0.4 is 10.3 Å². The van der Waals surface area contributed by atoms with Gasteiger partial charge in [-0.1, -0.05) is 41.9 Å². The van der Waals surface area contributed by atoms with Gasteiger partial charge in [-0.2, -0.15) is 0 Å². The summed E-state index contributed by atoms with van der Waals surface area (Å²) in [6, 6.07) is 16.0. The normalized spacial score (nSPS) is 11.5. The van der Waals surface area contributed by atoms with E-state index in [-0.39, 0.29) is 5.75 Å². The van der Waals surface area contributed by atoms with Crippen LogP contribution in [0.4, 0.5) is 0 Å². The minimum atomic E-state index is -3.75. The van der Waals surface area contributed by atoms with Crippen LogP contribution in [0.15, 0.2) is 64.9 Å². The van der Waals surface area contributed by atoms with Crippen molar-refractivity contribution in [1.29, 1.82) is 0 Å². The molecule has 0 fully saturated rings. The molecule has 8 heteroatoms. The standard InChI is InChI=1S/C16H15ClN2O3S2/c17-14-6-8-15(9-7-14)23-12-16(20)18-19-24(21,22)11-10-13-4-2-1-3-5-13/h1-11,19H,12H2,(H,18,20)/b11-10+. The zero-order valence-corrected chi connectivity index (χ0v) is 14.9. The number of amides is 1. The number of halogens is 1. The molecule has 0 aliphatic heterocycles. The second kappa shape index (κ2) is 8.89. The molecule has 0 radical (unpaired) electrons. The molecule has 5 nitrogen and oxygen atoms in total. The Morgan fingerprint density at radius 2 is 1.75 bits per heavy atom. The van der Waals surface area contributed by atoms with E-state index >= 15 is 0 Å². The maximum atomic E-state index is 11.8. The second-order valence-electron chi connectivity index (χ2n) is 4.65. The van der Waals surface area contributed by atoms with Crippen LogP contribution in [0.2, 0.25) is 5.02 Å². The van der Waals surface area contributed by atoms with Crippen molar-refractivity contribution >= 4 is 45.4 Å². The number of hydrogen-bond donors (Lipinski definition) is 2. The molecule has 2 aromatic rings. The zero-order chi connectivity index (χ0) is 17.4. The first kappa shape index (κ1) is 18.5. The molecule has 0 aliphatic carbocycles. The maximum Gasteiger partial charge on any atom is 0.250 e. The summed E-state index contributed by atoms with van der Waals surface area (Å²) in [5, 5.41) is 1.61. The fraction of sp³-hybridized carbons (Fsp3) is 0.0625. The predicted molar refractivity (Wildman–Crippen MR) is 97.9 cm³/mol. The van der Waals surface area contributed by atoms with E-state index in [2.05, 4.69) is 5.43 Å². The van der Waals surface area contributed by atoms with Gasteiger partial charge in [0.2, 0.25) is 5.91 Å². The molecule has 0 atom stereocenters. The minimum Gasteiger partial charge on any atom is -0.277 e. The number of hydrazine groups is 1. The molecule has 0 bridgehead atoms. The summed E-state index contributed by atoms with van der Waals surface area (Å²) in [4.78, 5) is 14.6. The third-order valence-corrected chi connectivity index (χ3v) is 4.90. The van der Waals surface area contributed by atoms with Crippen molar-refractivity contribution in [1.82, 2.24) is 10.3 Å². The molecular weight excluding hydrogens is 368 g/mol. The van der Waals surface area contributed by atoms with Crippen LogP contribution in [0.5, 0.6) is 0 Å². The molecule has 24 heavy (non-hydrogen) atoms. The van der Waals surface area contributed by atoms with Crippen LogP contribution in [-0.2, 0) is 14.8 Å². The van der Waals surface area contributed by atoms with E-state index in [4.69, 9.17) is 11.6 Å². The van der Waals surface area contributed by atoms with Gasteiger partial charge in [-0.05, 0) is 35.9 Å². The second-order valence-corrected chi connectivity index (χ2v) is 7.70. The van der Waals surface area contributed by atoms with Gasteiger partial charge >= 0.3 is 0 Å². The van der Waals surface area contributed by atoms with Crippen LogP contribution in [0, 0.1) is 0 Å². The van der Waals surface area contributed by atoms with Crippen LogP contribution in [0.25, 0.3) is 6.08 Å². The average molecular weight is 383 g/mol. The fourth-order valence-corrected chi connectivity index (χ4v) is 3.10. The van der Waals surface area contributed by atoms with E-state index in [9.17, 15) is 13.2 Å². The number of carbonyl (C=O) groups excluding carboxylic acids is 1. The van der Waals surface area contributed by atoms with Gasteiger partial charge in [0.15, 0.2) is 0 Å². The Balaban J connectivity index is 1.79. The molecule has 0 saturated heterocycles. The predicted octanol–water partition coefficient (Wildman–Crippen LogP) is 3.05. The topological polar surface area (TPSA) is 75.3 Å². The first-order valence-electron chi connectivity index (χ1n) is 6.87. The first-order valence-corrected chi connectivity index (χ1v) is 9.78. The Morgan fingerprint density at radius 3 is 2.42 bits per heavy atom. The highest BCUT2D eigenvalue weighted by molar-refractivity contribution is 8.00. The lowest BCUT2D eigenvalue weighted by Crippen LogP contribution is -2.41. The van der Waals surface area contributed by atoms with E-state index in [0.29, 0.717) is 5.02 Å². The monoisotopic (exact) mass is 382 g/mol. The van der Waals surface area contributed by atoms with Crippen molar-refractivity contribution in [2.45, 2.75) is 4.90 Å². The highest BCUT2D eigenvalue weighted by atomic mass is 35.5. The van der Waals surface area contributed by atoms with Crippen LogP contribution >= 0.6 is 23.4 Å². The molecule has 0 spiro atoms. The van der Waals surface area contributed by atoms with Crippen molar-refractivity contribution in [3.8, 4) is 0 Å². The lowest BCUT2D eigenvalue weighted by molar-refractivity contribution is -0.119. The van der Waals surface area contributed by atoms with Gasteiger partial charge < -0.3 is 0 Å². The Morgan fingerprint density at radius 1 is 1.08 bits per heavy atom. The van der Waals surface area contributed by atoms with Crippen LogP contribution in [0.3, 0.4) is 0 Å². The van der Waals surface area contributed by atoms with Gasteiger partial charge in [0.05, 0.1) is 5.75 Å². The lowest BCUT2D eigenvalue weighted by atomic mass is 10.2. The van der Waals surface area contributed by atoms with Crippen molar-refractivity contribution in [2.24, 2.45) is 0 Å². The van der Waals surface area contributed by atoms with Gasteiger partial charge in [-0.25, -0.2) is 8.42 Å². The molecule has 0 aliphatic rings. The Bertz CT molecular complexity index is 807. The quantitative estimate of drug-likeness (QED) is 0.570. The molecule has 0 heterocycles. The largest absolute Gasteiger partial charge is 0.277 e. The average Bonchev–Trinajstić information content (AvgIpc) is 2.59. The third kappa shape index (κ3) is 6.76. The summed E-state index contributed by atoms with van der Waals surface area (Å²) >= 11 is 7.05. The molecule has 0 aromatic heterocycles. The third-order valence-electron chi connectivity index (χ3n) is 2.76. The number of sulfonamides is 1. The fourth-order valence-electron chi connectivity index (χ4n) is 1.61. The highest BCUT2D eigenvalue weighted by Crippen LogP contribution is 2.19. The summed E-state index contributed by atoms with van der Waals surface area (Å²) in [6.45, 7) is 0. The number of carbonyl (C=O) groups is 1. The van der Waals surface area contributed by atoms with Gasteiger partial charge in [-0.15, -0.1) is 16.6 Å². The van der Waals surface area contributed by atoms with Gasteiger partial charge in [0, 0.05) is 15.3 Å². The van der Waals surface area contributed by atoms with E-state index in [1.807, 2.05) is 10.9 Å². The van der Waals surface area contributed by atoms with Crippen LogP contribution in [-0.4, -0.2) is 20.1 Å². The molecule has 0 saturated carbocycles. The highest BCUT2D eigenvalue weighted by Gasteiger charge is 2.08. The Hall–Kier alpha value is -1.80. The van der Waals surface area contributed by atoms with Crippen LogP contribution in [0.1, 0.15) is 5.56 Å². The van der Waals surface area contributed by atoms with Crippen molar-refractivity contribution in [2.75, 3.05) is 5.75 Å². The molecule has 2 N–H and O–H groups in total. The van der Waals surface area contributed by atoms with E-state index in [1.54, 1.807) is 48.5 Å². The first-order chi connectivity index (χ1) is 11.4. The minimum absolute atomic E-state index is 0.0759. The lowest BCUT2D eigenvalue weighted by Gasteiger charge is -2.05. The van der Waals surface area contributed by atoms with E-state index < -0.39 is 15.9 Å². The van der Waals surface area contributed by atoms with E-state index in [1.165, 1.54) is 17.8 Å². The number of thioether (sulfide) groups is 1. The molecule has 1 amide bonds. The SMILES string of the molecule is O=C(CSc1ccc(Cl)cc1)NNS(=O)(=O)/C=C/c1ccccc1. The molecule has 2 aromatic carbocycles. The molecular formula is C16H15ClN2O3S2. The Labute approximate surface area is 150 Å². The Kier molecular flexibility index (Phi) is 6.86. The molecule has 126 valence electrons. The summed E-state index contributed by atoms with van der Waals surface area (Å²) in [5.74, 6) is -0.376. The number of rotatable bonds is 7. The molecule has 0 unspecified atom stereocenters. The van der Waals surface area contributed by atoms with Crippen molar-refractivity contribution in [3.05, 3.63) is 70.6 Å². The zero-order valence-electron chi connectivity index (χ0n) is 12.5. The summed E-state index contributed by atoms with van der Waals surface area (Å²) in [7, 11) is -3.75. The van der Waals surface area contributed by atoms with Gasteiger partial charge in [-0.3, -0.25) is 10.2 Å². The smallest absolute Gasteiger partial charge is 0.250 e. The van der Waals surface area contributed by atoms with Crippen molar-refractivity contribution in [3.63, 3.8) is 0 Å². The number of nitrogens with one attached hydrogen (secondary N) is 2. The summed E-state index contributed by atoms with van der Waals surface area (Å²) in [5.41, 5.74) is 2.91. The van der Waals surface area contributed by atoms with E-state index in [0.717, 1.165) is 15.9 Å². The van der Waals surface area contributed by atoms with Crippen molar-refractivity contribution < 1.29 is 13.2 Å². The summed E-state index contributed by atoms with van der Waals surface area (Å²) in [6.07, 6.45) is 1.44. The number of hydrogen-bond acceptors (Lipinski definition) is 4. The number of benzene rings is 2. The van der Waals surface area contributed by atoms with Gasteiger partial charge in [0.1, 0.15) is 0 Å².